The molecule has 0 fully saturated rings. The average Bonchev–Trinajstić information content (AvgIpc) is 2.47. The minimum Gasteiger partial charge on any atom is -0.493 e. The Morgan fingerprint density at radius 2 is 2.00 bits per heavy atom. The van der Waals surface area contributed by atoms with Crippen LogP contribution in [0, 0.1) is 5.82 Å². The van der Waals surface area contributed by atoms with Crippen LogP contribution in [-0.2, 0) is 0 Å². The van der Waals surface area contributed by atoms with E-state index in [1.165, 1.54) is 18.2 Å². The number of aromatic carboxylic acids is 1. The van der Waals surface area contributed by atoms with Crippen LogP contribution < -0.4 is 4.74 Å². The number of para-hydroxylation sites is 1. The van der Waals surface area contributed by atoms with Gasteiger partial charge in [0.1, 0.15) is 17.1 Å². The number of benzene rings is 2. The largest absolute Gasteiger partial charge is 0.493 e. The summed E-state index contributed by atoms with van der Waals surface area (Å²) in [5, 5.41) is 9.02. The Labute approximate surface area is 126 Å². The van der Waals surface area contributed by atoms with Gasteiger partial charge in [-0.3, -0.25) is 0 Å². The van der Waals surface area contributed by atoms with Crippen molar-refractivity contribution in [1.82, 2.24) is 0 Å². The maximum Gasteiger partial charge on any atom is 0.339 e. The van der Waals surface area contributed by atoms with Gasteiger partial charge < -0.3 is 9.84 Å². The van der Waals surface area contributed by atoms with Crippen molar-refractivity contribution in [2.24, 2.45) is 0 Å². The number of hydrogen-bond acceptors (Lipinski definition) is 3. The van der Waals surface area contributed by atoms with E-state index in [-0.39, 0.29) is 11.4 Å². The highest BCUT2D eigenvalue weighted by atomic mass is 32.2. The van der Waals surface area contributed by atoms with Crippen LogP contribution in [0.15, 0.2) is 53.4 Å². The zero-order chi connectivity index (χ0) is 15.1. The molecule has 2 aromatic rings. The number of carboxylic acids is 1. The summed E-state index contributed by atoms with van der Waals surface area (Å²) in [5.41, 5.74) is 0.162. The van der Waals surface area contributed by atoms with Gasteiger partial charge in [-0.05, 0) is 36.8 Å². The molecule has 21 heavy (non-hydrogen) atoms. The van der Waals surface area contributed by atoms with Crippen LogP contribution in [0.3, 0.4) is 0 Å². The molecule has 0 aliphatic carbocycles. The van der Waals surface area contributed by atoms with E-state index in [2.05, 4.69) is 0 Å². The van der Waals surface area contributed by atoms with E-state index in [0.29, 0.717) is 12.4 Å². The molecule has 0 bridgehead atoms. The smallest absolute Gasteiger partial charge is 0.339 e. The predicted octanol–water partition coefficient (Wildman–Crippen LogP) is 4.09. The Bertz CT molecular complexity index is 616. The van der Waals surface area contributed by atoms with Crippen molar-refractivity contribution in [3.63, 3.8) is 0 Å². The third-order valence-corrected chi connectivity index (χ3v) is 3.81. The molecule has 3 nitrogen and oxygen atoms in total. The van der Waals surface area contributed by atoms with Gasteiger partial charge in [0.2, 0.25) is 0 Å². The third kappa shape index (κ3) is 4.79. The third-order valence-electron chi connectivity index (χ3n) is 2.73. The molecular weight excluding hydrogens is 291 g/mol. The number of carboxylic acid groups (broad SMARTS) is 1. The van der Waals surface area contributed by atoms with Crippen LogP contribution >= 0.6 is 11.8 Å². The van der Waals surface area contributed by atoms with Gasteiger partial charge in [-0.1, -0.05) is 18.2 Å². The summed E-state index contributed by atoms with van der Waals surface area (Å²) in [5.74, 6) is -0.0919. The molecule has 0 amide bonds. The molecule has 2 aromatic carbocycles. The molecule has 110 valence electrons. The molecule has 0 radical (unpaired) electrons. The highest BCUT2D eigenvalue weighted by Crippen LogP contribution is 2.21. The fraction of sp³-hybridized carbons (Fsp3) is 0.188. The molecule has 0 aromatic heterocycles. The number of hydrogen-bond donors (Lipinski definition) is 1. The van der Waals surface area contributed by atoms with Crippen LogP contribution in [-0.4, -0.2) is 23.4 Å². The molecule has 0 unspecified atom stereocenters. The van der Waals surface area contributed by atoms with Crippen molar-refractivity contribution < 1.29 is 19.0 Å². The summed E-state index contributed by atoms with van der Waals surface area (Å²) in [7, 11) is 0. The average molecular weight is 306 g/mol. The van der Waals surface area contributed by atoms with Crippen molar-refractivity contribution in [2.45, 2.75) is 11.3 Å². The Morgan fingerprint density at radius 1 is 1.19 bits per heavy atom. The summed E-state index contributed by atoms with van der Waals surface area (Å²) in [6, 6.07) is 13.0. The van der Waals surface area contributed by atoms with Gasteiger partial charge in [0.15, 0.2) is 0 Å². The monoisotopic (exact) mass is 306 g/mol. The first-order valence-electron chi connectivity index (χ1n) is 6.50. The molecule has 1 N–H and O–H groups in total. The first kappa shape index (κ1) is 15.4. The first-order chi connectivity index (χ1) is 10.2. The first-order valence-corrected chi connectivity index (χ1v) is 7.49. The minimum atomic E-state index is -1.00. The summed E-state index contributed by atoms with van der Waals surface area (Å²) < 4.78 is 18.5. The van der Waals surface area contributed by atoms with E-state index in [0.717, 1.165) is 17.1 Å². The van der Waals surface area contributed by atoms with Gasteiger partial charge in [0, 0.05) is 10.6 Å². The number of carbonyl (C=O) groups is 1. The molecule has 0 heterocycles. The van der Waals surface area contributed by atoms with Crippen molar-refractivity contribution in [3.05, 3.63) is 59.9 Å². The molecule has 0 atom stereocenters. The van der Waals surface area contributed by atoms with Crippen molar-refractivity contribution in [2.75, 3.05) is 12.4 Å². The number of rotatable bonds is 7. The van der Waals surface area contributed by atoms with Crippen LogP contribution in [0.5, 0.6) is 5.75 Å². The molecule has 0 saturated carbocycles. The molecule has 0 aliphatic heterocycles. The van der Waals surface area contributed by atoms with Gasteiger partial charge in [0.25, 0.3) is 0 Å². The van der Waals surface area contributed by atoms with E-state index >= 15 is 0 Å². The van der Waals surface area contributed by atoms with Crippen LogP contribution in [0.4, 0.5) is 4.39 Å². The van der Waals surface area contributed by atoms with E-state index in [4.69, 9.17) is 9.84 Å². The maximum atomic E-state index is 13.0. The molecule has 0 saturated heterocycles. The summed E-state index contributed by atoms with van der Waals surface area (Å²) in [6.07, 6.45) is 0.745. The summed E-state index contributed by atoms with van der Waals surface area (Å²) in [6.45, 7) is 0.423. The Morgan fingerprint density at radius 3 is 2.76 bits per heavy atom. The lowest BCUT2D eigenvalue weighted by atomic mass is 10.2. The van der Waals surface area contributed by atoms with Gasteiger partial charge in [0.05, 0.1) is 6.61 Å². The Balaban J connectivity index is 1.76. The lowest BCUT2D eigenvalue weighted by Crippen LogP contribution is -2.04. The van der Waals surface area contributed by atoms with Gasteiger partial charge in [-0.15, -0.1) is 11.8 Å². The molecular formula is C16H15FO3S. The van der Waals surface area contributed by atoms with Crippen LogP contribution in [0.2, 0.25) is 0 Å². The van der Waals surface area contributed by atoms with Gasteiger partial charge >= 0.3 is 5.97 Å². The van der Waals surface area contributed by atoms with Crippen LogP contribution in [0.25, 0.3) is 0 Å². The van der Waals surface area contributed by atoms with Gasteiger partial charge in [-0.2, -0.15) is 0 Å². The zero-order valence-corrected chi connectivity index (χ0v) is 12.1. The van der Waals surface area contributed by atoms with E-state index in [9.17, 15) is 9.18 Å². The van der Waals surface area contributed by atoms with Gasteiger partial charge in [-0.25, -0.2) is 9.18 Å². The minimum absolute atomic E-state index is 0.162. The lowest BCUT2D eigenvalue weighted by Gasteiger charge is -2.08. The maximum absolute atomic E-state index is 13.0. The van der Waals surface area contributed by atoms with Crippen molar-refractivity contribution in [1.29, 1.82) is 0 Å². The number of halogens is 1. The molecule has 0 spiro atoms. The fourth-order valence-electron chi connectivity index (χ4n) is 1.76. The van der Waals surface area contributed by atoms with Crippen molar-refractivity contribution >= 4 is 17.7 Å². The predicted molar refractivity (Wildman–Crippen MR) is 80.6 cm³/mol. The summed E-state index contributed by atoms with van der Waals surface area (Å²) in [4.78, 5) is 11.9. The number of thioether (sulfide) groups is 1. The number of ether oxygens (including phenoxy) is 1. The summed E-state index contributed by atoms with van der Waals surface area (Å²) >= 11 is 1.54. The normalized spacial score (nSPS) is 10.3. The van der Waals surface area contributed by atoms with E-state index in [1.54, 1.807) is 36.0 Å². The highest BCUT2D eigenvalue weighted by Gasteiger charge is 2.09. The molecule has 0 aliphatic rings. The molecule has 2 rings (SSSR count). The second-order valence-electron chi connectivity index (χ2n) is 4.31. The lowest BCUT2D eigenvalue weighted by molar-refractivity contribution is 0.0692. The van der Waals surface area contributed by atoms with E-state index in [1.807, 2.05) is 6.07 Å². The van der Waals surface area contributed by atoms with E-state index < -0.39 is 5.97 Å². The van der Waals surface area contributed by atoms with Crippen molar-refractivity contribution in [3.8, 4) is 5.75 Å². The SMILES string of the molecule is O=C(O)c1ccccc1OCCCSc1cccc(F)c1. The topological polar surface area (TPSA) is 46.5 Å². The quantitative estimate of drug-likeness (QED) is 0.618. The second-order valence-corrected chi connectivity index (χ2v) is 5.48. The zero-order valence-electron chi connectivity index (χ0n) is 11.3. The Hall–Kier alpha value is -2.01. The molecule has 5 heteroatoms. The van der Waals surface area contributed by atoms with Crippen LogP contribution in [0.1, 0.15) is 16.8 Å². The standard InChI is InChI=1S/C16H15FO3S/c17-12-5-3-6-13(11-12)21-10-4-9-20-15-8-2-1-7-14(15)16(18)19/h1-3,5-8,11H,4,9-10H2,(H,18,19). The highest BCUT2D eigenvalue weighted by molar-refractivity contribution is 7.99. The second kappa shape index (κ2) is 7.69. The fourth-order valence-corrected chi connectivity index (χ4v) is 2.63. The Kier molecular flexibility index (Phi) is 5.63.